The van der Waals surface area contributed by atoms with Crippen molar-refractivity contribution < 1.29 is 21.6 Å². The Balaban J connectivity index is 0.00000400. The molecule has 2 aromatic rings. The molecule has 3 heteroatoms. The standard InChI is InChI=1S/C35H47N2.BrH/c1-7-9-18-26-36-30-22-16-14-20-28(30)34(3,4)32(36)24-12-11-13-25-33-35(5,6)29-21-15-17-23-31(29)37(33)27-19-10-8-2;/h11-17,20-25H,7-10,18-19,26-27H2,1-6H3;1H/q+1;/p-1. The van der Waals surface area contributed by atoms with Crippen LogP contribution in [-0.2, 0) is 10.8 Å². The molecule has 4 rings (SSSR count). The van der Waals surface area contributed by atoms with Crippen molar-refractivity contribution in [1.29, 1.82) is 0 Å². The Kier molecular flexibility index (Phi) is 10.4. The minimum absolute atomic E-state index is 0. The third kappa shape index (κ3) is 5.93. The molecule has 2 aliphatic heterocycles. The van der Waals surface area contributed by atoms with Crippen molar-refractivity contribution in [2.24, 2.45) is 0 Å². The molecule has 2 aliphatic rings. The number of rotatable bonds is 11. The van der Waals surface area contributed by atoms with Crippen LogP contribution in [0.25, 0.3) is 0 Å². The van der Waals surface area contributed by atoms with Gasteiger partial charge >= 0.3 is 0 Å². The Labute approximate surface area is 242 Å². The maximum absolute atomic E-state index is 2.56. The van der Waals surface area contributed by atoms with E-state index in [1.165, 1.54) is 72.4 Å². The number of nitrogens with zero attached hydrogens (tertiary/aromatic N) is 2. The van der Waals surface area contributed by atoms with Gasteiger partial charge in [0.15, 0.2) is 5.71 Å². The van der Waals surface area contributed by atoms with Gasteiger partial charge in [-0.05, 0) is 44.4 Å². The number of fused-ring (bicyclic) bond motifs is 2. The third-order valence-corrected chi connectivity index (χ3v) is 8.30. The maximum Gasteiger partial charge on any atom is 0.209 e. The molecule has 2 nitrogen and oxygen atoms in total. The van der Waals surface area contributed by atoms with E-state index in [-0.39, 0.29) is 27.8 Å². The Morgan fingerprint density at radius 3 is 2.13 bits per heavy atom. The normalized spacial score (nSPS) is 18.5. The molecule has 0 unspecified atom stereocenters. The molecule has 204 valence electrons. The average molecular weight is 576 g/mol. The summed E-state index contributed by atoms with van der Waals surface area (Å²) in [4.78, 5) is 2.56. The van der Waals surface area contributed by atoms with E-state index in [1.54, 1.807) is 0 Å². The largest absolute Gasteiger partial charge is 1.00 e. The van der Waals surface area contributed by atoms with Crippen molar-refractivity contribution in [3.8, 4) is 0 Å². The van der Waals surface area contributed by atoms with Crippen LogP contribution in [0.4, 0.5) is 11.4 Å². The highest BCUT2D eigenvalue weighted by atomic mass is 79.9. The topological polar surface area (TPSA) is 6.25 Å². The lowest BCUT2D eigenvalue weighted by molar-refractivity contribution is -0.438. The van der Waals surface area contributed by atoms with Gasteiger partial charge in [0.25, 0.3) is 0 Å². The number of benzene rings is 2. The van der Waals surface area contributed by atoms with Crippen LogP contribution >= 0.6 is 0 Å². The molecule has 0 atom stereocenters. The Bertz CT molecular complexity index is 1210. The fourth-order valence-electron chi connectivity index (χ4n) is 6.16. The second kappa shape index (κ2) is 13.1. The minimum Gasteiger partial charge on any atom is -1.00 e. The molecule has 2 aromatic carbocycles. The molecule has 0 saturated carbocycles. The van der Waals surface area contributed by atoms with Gasteiger partial charge in [-0.2, -0.15) is 4.58 Å². The van der Waals surface area contributed by atoms with E-state index in [4.69, 9.17) is 0 Å². The number of hydrogen-bond acceptors (Lipinski definition) is 1. The average Bonchev–Trinajstić information content (AvgIpc) is 3.24. The zero-order chi connectivity index (χ0) is 26.5. The van der Waals surface area contributed by atoms with E-state index in [1.807, 2.05) is 0 Å². The van der Waals surface area contributed by atoms with Crippen LogP contribution in [0.2, 0.25) is 0 Å². The van der Waals surface area contributed by atoms with Gasteiger partial charge in [-0.1, -0.05) is 102 Å². The van der Waals surface area contributed by atoms with E-state index >= 15 is 0 Å². The van der Waals surface area contributed by atoms with Gasteiger partial charge in [0.2, 0.25) is 5.69 Å². The summed E-state index contributed by atoms with van der Waals surface area (Å²) in [6, 6.07) is 17.9. The lowest BCUT2D eigenvalue weighted by atomic mass is 9.81. The lowest BCUT2D eigenvalue weighted by Crippen LogP contribution is -3.00. The number of hydrogen-bond donors (Lipinski definition) is 0. The predicted octanol–water partition coefficient (Wildman–Crippen LogP) is 6.24. The molecule has 0 N–H and O–H groups in total. The molecule has 0 fully saturated rings. The van der Waals surface area contributed by atoms with Crippen molar-refractivity contribution in [2.75, 3.05) is 18.0 Å². The Morgan fingerprint density at radius 2 is 1.39 bits per heavy atom. The highest BCUT2D eigenvalue weighted by Gasteiger charge is 2.43. The molecule has 0 bridgehead atoms. The van der Waals surface area contributed by atoms with Crippen LogP contribution in [0, 0.1) is 0 Å². The fourth-order valence-corrected chi connectivity index (χ4v) is 6.16. The summed E-state index contributed by atoms with van der Waals surface area (Å²) in [6.45, 7) is 16.2. The predicted molar refractivity (Wildman–Crippen MR) is 161 cm³/mol. The van der Waals surface area contributed by atoms with Crippen molar-refractivity contribution in [3.05, 3.63) is 95.7 Å². The van der Waals surface area contributed by atoms with E-state index in [0.29, 0.717) is 0 Å². The van der Waals surface area contributed by atoms with Crippen molar-refractivity contribution in [2.45, 2.75) is 90.9 Å². The summed E-state index contributed by atoms with van der Waals surface area (Å²) < 4.78 is 2.56. The van der Waals surface area contributed by atoms with Crippen molar-refractivity contribution >= 4 is 17.1 Å². The summed E-state index contributed by atoms with van der Waals surface area (Å²) in [5.74, 6) is 0. The van der Waals surface area contributed by atoms with E-state index in [0.717, 1.165) is 13.1 Å². The van der Waals surface area contributed by atoms with Gasteiger partial charge in [0, 0.05) is 47.5 Å². The Hall–Kier alpha value is -2.39. The molecule has 0 spiro atoms. The Morgan fingerprint density at radius 1 is 0.737 bits per heavy atom. The van der Waals surface area contributed by atoms with Crippen LogP contribution in [0.1, 0.15) is 91.2 Å². The zero-order valence-electron chi connectivity index (χ0n) is 24.4. The number of anilines is 1. The van der Waals surface area contributed by atoms with Gasteiger partial charge in [-0.25, -0.2) is 0 Å². The first-order chi connectivity index (χ1) is 17.8. The summed E-state index contributed by atoms with van der Waals surface area (Å²) >= 11 is 0. The molecule has 0 aliphatic carbocycles. The number of halogens is 1. The first-order valence-corrected chi connectivity index (χ1v) is 14.5. The van der Waals surface area contributed by atoms with E-state index in [9.17, 15) is 0 Å². The molecule has 2 heterocycles. The second-order valence-electron chi connectivity index (χ2n) is 11.7. The van der Waals surface area contributed by atoms with Gasteiger partial charge in [-0.15, -0.1) is 0 Å². The molecular weight excluding hydrogens is 528 g/mol. The monoisotopic (exact) mass is 574 g/mol. The van der Waals surface area contributed by atoms with Crippen LogP contribution in [0.15, 0.2) is 84.6 Å². The van der Waals surface area contributed by atoms with Crippen LogP contribution in [-0.4, -0.2) is 23.4 Å². The summed E-state index contributed by atoms with van der Waals surface area (Å²) in [7, 11) is 0. The quantitative estimate of drug-likeness (QED) is 0.175. The molecular formula is C35H47BrN2. The lowest BCUT2D eigenvalue weighted by Gasteiger charge is -2.27. The summed E-state index contributed by atoms with van der Waals surface area (Å²) in [6.07, 6.45) is 18.9. The van der Waals surface area contributed by atoms with Gasteiger partial charge in [0.05, 0.1) is 5.41 Å². The first-order valence-electron chi connectivity index (χ1n) is 14.5. The van der Waals surface area contributed by atoms with Crippen molar-refractivity contribution in [3.63, 3.8) is 0 Å². The van der Waals surface area contributed by atoms with Crippen LogP contribution < -0.4 is 21.9 Å². The molecule has 0 amide bonds. The highest BCUT2D eigenvalue weighted by molar-refractivity contribution is 6.03. The number of para-hydroxylation sites is 2. The fraction of sp³-hybridized carbons (Fsp3) is 0.457. The molecule has 0 aromatic heterocycles. The molecule has 0 radical (unpaired) electrons. The third-order valence-electron chi connectivity index (χ3n) is 8.30. The van der Waals surface area contributed by atoms with Gasteiger partial charge < -0.3 is 21.9 Å². The molecule has 38 heavy (non-hydrogen) atoms. The summed E-state index contributed by atoms with van der Waals surface area (Å²) in [5.41, 5.74) is 8.45. The highest BCUT2D eigenvalue weighted by Crippen LogP contribution is 2.47. The second-order valence-corrected chi connectivity index (χ2v) is 11.7. The number of allylic oxidation sites excluding steroid dienone is 6. The van der Waals surface area contributed by atoms with Gasteiger partial charge in [-0.3, -0.25) is 0 Å². The van der Waals surface area contributed by atoms with Gasteiger partial charge in [0.1, 0.15) is 6.54 Å². The smallest absolute Gasteiger partial charge is 0.209 e. The van der Waals surface area contributed by atoms with Crippen LogP contribution in [0.5, 0.6) is 0 Å². The maximum atomic E-state index is 2.56. The summed E-state index contributed by atoms with van der Waals surface area (Å²) in [5, 5.41) is 0. The van der Waals surface area contributed by atoms with Crippen molar-refractivity contribution in [1.82, 2.24) is 0 Å². The van der Waals surface area contributed by atoms with Crippen LogP contribution in [0.3, 0.4) is 0 Å². The minimum atomic E-state index is 0. The number of unbranched alkanes of at least 4 members (excludes halogenated alkanes) is 4. The SMILES string of the molecule is CCCCCN1\C(=C/C=C/C=C/C2=[N+](CCCCC)c3ccccc3C2(C)C)C(C)(C)c2ccccc21.[Br-]. The zero-order valence-corrected chi connectivity index (χ0v) is 26.0. The van der Waals surface area contributed by atoms with E-state index < -0.39 is 0 Å². The molecule has 0 saturated heterocycles. The first kappa shape index (κ1) is 30.2. The van der Waals surface area contributed by atoms with E-state index in [2.05, 4.69) is 130 Å².